The van der Waals surface area contributed by atoms with Crippen LogP contribution in [0.2, 0.25) is 0 Å². The molecule has 0 aliphatic heterocycles. The quantitative estimate of drug-likeness (QED) is 0.630. The van der Waals surface area contributed by atoms with Crippen molar-refractivity contribution in [2.45, 2.75) is 44.4 Å². The molecule has 7 heteroatoms. The maximum Gasteiger partial charge on any atom is 0.123 e. The van der Waals surface area contributed by atoms with E-state index in [9.17, 15) is 18.4 Å². The van der Waals surface area contributed by atoms with Crippen LogP contribution in [0.3, 0.4) is 0 Å². The molecule has 4 rings (SSSR count). The van der Waals surface area contributed by atoms with Crippen LogP contribution in [0.5, 0.6) is 0 Å². The van der Waals surface area contributed by atoms with Gasteiger partial charge in [0, 0.05) is 33.2 Å². The number of benzene rings is 2. The van der Waals surface area contributed by atoms with Crippen LogP contribution in [0, 0.1) is 11.6 Å². The molecule has 2 aromatic carbocycles. The minimum Gasteiger partial charge on any atom is -0.598 e. The van der Waals surface area contributed by atoms with Gasteiger partial charge in [0.1, 0.15) is 17.9 Å². The lowest BCUT2D eigenvalue weighted by Crippen LogP contribution is -2.52. The molecule has 1 fully saturated rings. The Labute approximate surface area is 166 Å². The fourth-order valence-corrected chi connectivity index (χ4v) is 5.14. The Kier molecular flexibility index (Phi) is 5.12. The van der Waals surface area contributed by atoms with Crippen LogP contribution >= 0.6 is 0 Å². The fraction of sp³-hybridized carbons (Fsp3) is 0.429. The van der Waals surface area contributed by atoms with Gasteiger partial charge >= 0.3 is 0 Å². The molecule has 1 heterocycles. The third-order valence-electron chi connectivity index (χ3n) is 5.60. The molecular weight excluding hydrogens is 382 g/mol. The van der Waals surface area contributed by atoms with Crippen molar-refractivity contribution in [3.8, 4) is 0 Å². The number of halogens is 2. The number of fused-ring (bicyclic) bond motifs is 3. The summed E-state index contributed by atoms with van der Waals surface area (Å²) in [5.41, 5.74) is 0.299. The summed E-state index contributed by atoms with van der Waals surface area (Å²) < 4.78 is 43.6. The first-order chi connectivity index (χ1) is 13.2. The monoisotopic (exact) mass is 406 g/mol. The van der Waals surface area contributed by atoms with Crippen LogP contribution in [-0.2, 0) is 17.9 Å². The molecule has 0 radical (unpaired) electrons. The summed E-state index contributed by atoms with van der Waals surface area (Å²) >= 11 is -1.17. The molecule has 150 valence electrons. The SMILES string of the molecule is C[S+]([O-])N(CC(C)(O)Cn1c2ccc(F)cc2c2cc(F)ccc21)C1CCC1. The molecule has 2 atom stereocenters. The molecule has 1 saturated carbocycles. The van der Waals surface area contributed by atoms with Gasteiger partial charge in [0.05, 0.1) is 24.7 Å². The van der Waals surface area contributed by atoms with E-state index in [0.29, 0.717) is 10.8 Å². The zero-order chi connectivity index (χ0) is 20.1. The Morgan fingerprint density at radius 2 is 1.68 bits per heavy atom. The van der Waals surface area contributed by atoms with Crippen molar-refractivity contribution in [1.29, 1.82) is 0 Å². The van der Waals surface area contributed by atoms with Crippen LogP contribution in [0.1, 0.15) is 26.2 Å². The van der Waals surface area contributed by atoms with Gasteiger partial charge in [-0.05, 0) is 62.6 Å². The Balaban J connectivity index is 1.73. The number of aromatic nitrogens is 1. The summed E-state index contributed by atoms with van der Waals surface area (Å²) in [5, 5.41) is 12.4. The van der Waals surface area contributed by atoms with E-state index in [-0.39, 0.29) is 30.8 Å². The lowest BCUT2D eigenvalue weighted by molar-refractivity contribution is 0.0118. The minimum absolute atomic E-state index is 0.227. The molecule has 0 amide bonds. The van der Waals surface area contributed by atoms with E-state index in [2.05, 4.69) is 0 Å². The van der Waals surface area contributed by atoms with E-state index in [0.717, 1.165) is 30.3 Å². The van der Waals surface area contributed by atoms with Gasteiger partial charge in [-0.1, -0.05) is 0 Å². The number of aliphatic hydroxyl groups is 1. The smallest absolute Gasteiger partial charge is 0.123 e. The topological polar surface area (TPSA) is 51.5 Å². The Hall–Kier alpha value is -1.67. The molecule has 1 aliphatic rings. The molecule has 1 N–H and O–H groups in total. The Morgan fingerprint density at radius 3 is 2.11 bits per heavy atom. The molecule has 4 nitrogen and oxygen atoms in total. The molecule has 2 unspecified atom stereocenters. The third kappa shape index (κ3) is 3.64. The first kappa shape index (κ1) is 19.6. The average molecular weight is 406 g/mol. The first-order valence-corrected chi connectivity index (χ1v) is 11.0. The molecule has 0 spiro atoms. The molecule has 0 bridgehead atoms. The predicted octanol–water partition coefficient (Wildman–Crippen LogP) is 3.97. The highest BCUT2D eigenvalue weighted by molar-refractivity contribution is 7.88. The second-order valence-electron chi connectivity index (χ2n) is 7.99. The van der Waals surface area contributed by atoms with Gasteiger partial charge in [-0.2, -0.15) is 0 Å². The molecule has 28 heavy (non-hydrogen) atoms. The van der Waals surface area contributed by atoms with E-state index in [1.54, 1.807) is 25.3 Å². The number of hydrogen-bond donors (Lipinski definition) is 1. The standard InChI is InChI=1S/C21H24F2N2O2S/c1-21(26,13-25(28(2)27)16-4-3-5-16)12-24-19-8-6-14(22)10-17(19)18-11-15(23)7-9-20(18)24/h6-11,16,26H,3-5,12-13H2,1-2H3. The van der Waals surface area contributed by atoms with Crippen LogP contribution in [0.25, 0.3) is 21.8 Å². The van der Waals surface area contributed by atoms with Crippen molar-refractivity contribution in [1.82, 2.24) is 8.87 Å². The van der Waals surface area contributed by atoms with E-state index >= 15 is 0 Å². The van der Waals surface area contributed by atoms with Gasteiger partial charge in [-0.25, -0.2) is 8.78 Å². The molecule has 1 aliphatic carbocycles. The number of hydrogen-bond acceptors (Lipinski definition) is 3. The van der Waals surface area contributed by atoms with Crippen molar-refractivity contribution in [3.05, 3.63) is 48.0 Å². The van der Waals surface area contributed by atoms with Crippen molar-refractivity contribution in [3.63, 3.8) is 0 Å². The highest BCUT2D eigenvalue weighted by Gasteiger charge is 2.37. The third-order valence-corrected chi connectivity index (χ3v) is 6.68. The zero-order valence-corrected chi connectivity index (χ0v) is 16.8. The zero-order valence-electron chi connectivity index (χ0n) is 16.0. The van der Waals surface area contributed by atoms with Gasteiger partial charge in [0.25, 0.3) is 0 Å². The van der Waals surface area contributed by atoms with Gasteiger partial charge in [0.15, 0.2) is 0 Å². The summed E-state index contributed by atoms with van der Waals surface area (Å²) in [5.74, 6) is -0.778. The van der Waals surface area contributed by atoms with Crippen LogP contribution in [-0.4, -0.2) is 43.0 Å². The normalized spacial score (nSPS) is 18.5. The van der Waals surface area contributed by atoms with Crippen molar-refractivity contribution < 1.29 is 18.4 Å². The van der Waals surface area contributed by atoms with Gasteiger partial charge in [0.2, 0.25) is 0 Å². The van der Waals surface area contributed by atoms with Gasteiger partial charge in [-0.3, -0.25) is 0 Å². The highest BCUT2D eigenvalue weighted by atomic mass is 32.2. The Morgan fingerprint density at radius 1 is 1.14 bits per heavy atom. The number of nitrogens with zero attached hydrogens (tertiary/aromatic N) is 2. The maximum absolute atomic E-state index is 13.8. The van der Waals surface area contributed by atoms with Crippen LogP contribution < -0.4 is 0 Å². The minimum atomic E-state index is -1.17. The van der Waals surface area contributed by atoms with E-state index in [1.165, 1.54) is 24.3 Å². The second-order valence-corrected chi connectivity index (χ2v) is 9.31. The summed E-state index contributed by atoms with van der Waals surface area (Å²) in [7, 11) is 0. The highest BCUT2D eigenvalue weighted by Crippen LogP contribution is 2.33. The van der Waals surface area contributed by atoms with Gasteiger partial charge < -0.3 is 14.2 Å². The molecule has 1 aromatic heterocycles. The van der Waals surface area contributed by atoms with E-state index < -0.39 is 17.0 Å². The van der Waals surface area contributed by atoms with Crippen molar-refractivity contribution >= 4 is 33.2 Å². The number of rotatable bonds is 6. The molecule has 0 saturated heterocycles. The lowest BCUT2D eigenvalue weighted by Gasteiger charge is -2.39. The maximum atomic E-state index is 13.8. The van der Waals surface area contributed by atoms with E-state index in [1.807, 2.05) is 8.87 Å². The summed E-state index contributed by atoms with van der Waals surface area (Å²) in [6.07, 6.45) is 4.73. The second kappa shape index (κ2) is 7.30. The fourth-order valence-electron chi connectivity index (χ4n) is 4.05. The first-order valence-electron chi connectivity index (χ1n) is 9.45. The lowest BCUT2D eigenvalue weighted by atomic mass is 9.92. The molecular formula is C21H24F2N2O2S. The van der Waals surface area contributed by atoms with Crippen molar-refractivity contribution in [2.75, 3.05) is 12.8 Å². The predicted molar refractivity (Wildman–Crippen MR) is 108 cm³/mol. The van der Waals surface area contributed by atoms with E-state index in [4.69, 9.17) is 0 Å². The Bertz CT molecular complexity index is 955. The van der Waals surface area contributed by atoms with Crippen LogP contribution in [0.15, 0.2) is 36.4 Å². The van der Waals surface area contributed by atoms with Crippen LogP contribution in [0.4, 0.5) is 8.78 Å². The largest absolute Gasteiger partial charge is 0.598 e. The van der Waals surface area contributed by atoms with Crippen molar-refractivity contribution in [2.24, 2.45) is 0 Å². The summed E-state index contributed by atoms with van der Waals surface area (Å²) in [4.78, 5) is 0. The summed E-state index contributed by atoms with van der Waals surface area (Å²) in [6, 6.07) is 9.06. The molecule has 3 aromatic rings. The average Bonchev–Trinajstić information content (AvgIpc) is 2.84. The summed E-state index contributed by atoms with van der Waals surface area (Å²) in [6.45, 7) is 2.21. The van der Waals surface area contributed by atoms with Gasteiger partial charge in [-0.15, -0.1) is 4.31 Å².